The number of nitrogens with one attached hydrogen (secondary N) is 3. The van der Waals surface area contributed by atoms with Gasteiger partial charge >= 0.3 is 12.1 Å². The Morgan fingerprint density at radius 3 is 2.22 bits per heavy atom. The molecule has 0 saturated carbocycles. The first-order valence-corrected chi connectivity index (χ1v) is 13.4. The van der Waals surface area contributed by atoms with Crippen molar-refractivity contribution in [3.8, 4) is 5.75 Å². The SMILES string of the molecule is CC(C)(C)OC(=O)NC(Cc1ccc(O)cc1)C(=O)NC(Cc1c[nH]c2ccccc12)C(=O)OCc1ccccc1. The second-order valence-corrected chi connectivity index (χ2v) is 10.8. The summed E-state index contributed by atoms with van der Waals surface area (Å²) in [6, 6.07) is 21.2. The lowest BCUT2D eigenvalue weighted by molar-refractivity contribution is -0.149. The summed E-state index contributed by atoms with van der Waals surface area (Å²) >= 11 is 0. The van der Waals surface area contributed by atoms with Crippen molar-refractivity contribution >= 4 is 28.9 Å². The molecule has 2 amide bonds. The van der Waals surface area contributed by atoms with Gasteiger partial charge in [0.15, 0.2) is 0 Å². The van der Waals surface area contributed by atoms with Crippen molar-refractivity contribution in [1.29, 1.82) is 0 Å². The average Bonchev–Trinajstić information content (AvgIpc) is 3.34. The molecule has 4 rings (SSSR count). The zero-order valence-electron chi connectivity index (χ0n) is 23.3. The number of para-hydroxylation sites is 1. The van der Waals surface area contributed by atoms with Crippen molar-refractivity contribution in [2.24, 2.45) is 0 Å². The van der Waals surface area contributed by atoms with Crippen molar-refractivity contribution in [2.45, 2.75) is 57.9 Å². The van der Waals surface area contributed by atoms with Gasteiger partial charge in [-0.05, 0) is 55.7 Å². The molecule has 3 aromatic carbocycles. The van der Waals surface area contributed by atoms with Gasteiger partial charge < -0.3 is 30.2 Å². The van der Waals surface area contributed by atoms with E-state index in [2.05, 4.69) is 15.6 Å². The number of phenolic OH excluding ortho intramolecular Hbond substituents is 1. The first kappa shape index (κ1) is 29.2. The van der Waals surface area contributed by atoms with Gasteiger partial charge in [-0.25, -0.2) is 9.59 Å². The molecule has 0 aliphatic rings. The molecule has 0 radical (unpaired) electrons. The molecule has 1 aromatic heterocycles. The zero-order valence-corrected chi connectivity index (χ0v) is 23.3. The van der Waals surface area contributed by atoms with Crippen molar-refractivity contribution in [3.05, 3.63) is 102 Å². The summed E-state index contributed by atoms with van der Waals surface area (Å²) in [5.41, 5.74) is 2.47. The minimum Gasteiger partial charge on any atom is -0.508 e. The maximum absolute atomic E-state index is 13.7. The van der Waals surface area contributed by atoms with Crippen LogP contribution in [-0.4, -0.2) is 45.7 Å². The fourth-order valence-corrected chi connectivity index (χ4v) is 4.34. The fraction of sp³-hybridized carbons (Fsp3) is 0.281. The highest BCUT2D eigenvalue weighted by Crippen LogP contribution is 2.20. The third-order valence-electron chi connectivity index (χ3n) is 6.31. The molecule has 2 unspecified atom stereocenters. The summed E-state index contributed by atoms with van der Waals surface area (Å²) in [6.45, 7) is 5.22. The molecule has 0 bridgehead atoms. The van der Waals surface area contributed by atoms with Crippen LogP contribution in [-0.2, 0) is 38.5 Å². The number of benzene rings is 3. The minimum absolute atomic E-state index is 0.0486. The van der Waals surface area contributed by atoms with E-state index < -0.39 is 35.7 Å². The molecule has 4 aromatic rings. The molecular formula is C32H35N3O6. The first-order valence-electron chi connectivity index (χ1n) is 13.4. The topological polar surface area (TPSA) is 130 Å². The Labute approximate surface area is 238 Å². The van der Waals surface area contributed by atoms with Crippen LogP contribution in [0.3, 0.4) is 0 Å². The number of aromatic amines is 1. The van der Waals surface area contributed by atoms with Crippen LogP contribution >= 0.6 is 0 Å². The zero-order chi connectivity index (χ0) is 29.4. The third kappa shape index (κ3) is 8.60. The number of ether oxygens (including phenoxy) is 2. The van der Waals surface area contributed by atoms with E-state index in [-0.39, 0.29) is 25.2 Å². The highest BCUT2D eigenvalue weighted by molar-refractivity contribution is 5.91. The van der Waals surface area contributed by atoms with Crippen LogP contribution in [0, 0.1) is 0 Å². The Morgan fingerprint density at radius 1 is 0.829 bits per heavy atom. The number of aromatic hydroxyl groups is 1. The number of hydrogen-bond acceptors (Lipinski definition) is 6. The lowest BCUT2D eigenvalue weighted by atomic mass is 10.0. The molecule has 9 heteroatoms. The first-order chi connectivity index (χ1) is 19.6. The van der Waals surface area contributed by atoms with Gasteiger partial charge in [-0.2, -0.15) is 0 Å². The summed E-state index contributed by atoms with van der Waals surface area (Å²) in [5.74, 6) is -1.10. The Hall–Kier alpha value is -4.79. The number of H-pyrrole nitrogens is 1. The number of rotatable bonds is 10. The molecule has 9 nitrogen and oxygen atoms in total. The predicted octanol–water partition coefficient (Wildman–Crippen LogP) is 4.78. The molecule has 214 valence electrons. The van der Waals surface area contributed by atoms with Gasteiger partial charge in [-0.3, -0.25) is 4.79 Å². The molecule has 0 spiro atoms. The summed E-state index contributed by atoms with van der Waals surface area (Å²) in [4.78, 5) is 42.8. The lowest BCUT2D eigenvalue weighted by Gasteiger charge is -2.25. The minimum atomic E-state index is -1.07. The number of esters is 1. The second-order valence-electron chi connectivity index (χ2n) is 10.8. The number of aromatic nitrogens is 1. The third-order valence-corrected chi connectivity index (χ3v) is 6.31. The van der Waals surface area contributed by atoms with E-state index in [4.69, 9.17) is 9.47 Å². The molecule has 0 saturated heterocycles. The lowest BCUT2D eigenvalue weighted by Crippen LogP contribution is -2.54. The van der Waals surface area contributed by atoms with E-state index in [0.29, 0.717) is 5.56 Å². The standard InChI is InChI=1S/C32H35N3O6/c1-32(2,3)41-31(39)35-27(17-21-13-15-24(36)16-14-21)29(37)34-28(30(38)40-20-22-9-5-4-6-10-22)18-23-19-33-26-12-8-7-11-25(23)26/h4-16,19,27-28,33,36H,17-18,20H2,1-3H3,(H,34,37)(H,35,39). The maximum atomic E-state index is 13.7. The van der Waals surface area contributed by atoms with E-state index in [1.165, 1.54) is 12.1 Å². The molecule has 1 heterocycles. The van der Waals surface area contributed by atoms with E-state index in [1.54, 1.807) is 39.1 Å². The van der Waals surface area contributed by atoms with Crippen molar-refractivity contribution < 1.29 is 29.0 Å². The largest absolute Gasteiger partial charge is 0.508 e. The molecular weight excluding hydrogens is 522 g/mol. The average molecular weight is 558 g/mol. The summed E-state index contributed by atoms with van der Waals surface area (Å²) in [7, 11) is 0. The Kier molecular flexibility index (Phi) is 9.29. The Morgan fingerprint density at radius 2 is 1.51 bits per heavy atom. The van der Waals surface area contributed by atoms with Gasteiger partial charge in [0.25, 0.3) is 0 Å². The summed E-state index contributed by atoms with van der Waals surface area (Å²) in [6.07, 6.45) is 1.31. The van der Waals surface area contributed by atoms with Gasteiger partial charge in [-0.1, -0.05) is 60.7 Å². The Bertz CT molecular complexity index is 1470. The van der Waals surface area contributed by atoms with Crippen molar-refractivity contribution in [2.75, 3.05) is 0 Å². The van der Waals surface area contributed by atoms with Crippen LogP contribution < -0.4 is 10.6 Å². The highest BCUT2D eigenvalue weighted by atomic mass is 16.6. The van der Waals surface area contributed by atoms with Crippen LogP contribution in [0.5, 0.6) is 5.75 Å². The van der Waals surface area contributed by atoms with E-state index in [0.717, 1.165) is 22.0 Å². The number of carbonyl (C=O) groups is 3. The molecule has 4 N–H and O–H groups in total. The van der Waals surface area contributed by atoms with E-state index >= 15 is 0 Å². The van der Waals surface area contributed by atoms with E-state index in [1.807, 2.05) is 54.6 Å². The van der Waals surface area contributed by atoms with Gasteiger partial charge in [0.2, 0.25) is 5.91 Å². The number of phenols is 1. The summed E-state index contributed by atoms with van der Waals surface area (Å²) in [5, 5.41) is 16.0. The molecule has 41 heavy (non-hydrogen) atoms. The van der Waals surface area contributed by atoms with Crippen LogP contribution in [0.4, 0.5) is 4.79 Å². The van der Waals surface area contributed by atoms with Gasteiger partial charge in [0.05, 0.1) is 0 Å². The number of alkyl carbamates (subject to hydrolysis) is 1. The number of carbonyl (C=O) groups excluding carboxylic acids is 3. The quantitative estimate of drug-likeness (QED) is 0.208. The Balaban J connectivity index is 1.56. The normalized spacial score (nSPS) is 12.8. The van der Waals surface area contributed by atoms with Crippen molar-refractivity contribution in [1.82, 2.24) is 15.6 Å². The van der Waals surface area contributed by atoms with Crippen LogP contribution in [0.2, 0.25) is 0 Å². The molecule has 0 aliphatic heterocycles. The molecule has 2 atom stereocenters. The second kappa shape index (κ2) is 13.0. The van der Waals surface area contributed by atoms with Crippen LogP contribution in [0.1, 0.15) is 37.5 Å². The number of hydrogen-bond donors (Lipinski definition) is 4. The predicted molar refractivity (Wildman–Crippen MR) is 155 cm³/mol. The smallest absolute Gasteiger partial charge is 0.408 e. The van der Waals surface area contributed by atoms with Gasteiger partial charge in [0, 0.05) is 29.9 Å². The van der Waals surface area contributed by atoms with Crippen molar-refractivity contribution in [3.63, 3.8) is 0 Å². The fourth-order valence-electron chi connectivity index (χ4n) is 4.34. The number of fused-ring (bicyclic) bond motifs is 1. The van der Waals surface area contributed by atoms with E-state index in [9.17, 15) is 19.5 Å². The maximum Gasteiger partial charge on any atom is 0.408 e. The van der Waals surface area contributed by atoms with Gasteiger partial charge in [0.1, 0.15) is 30.0 Å². The highest BCUT2D eigenvalue weighted by Gasteiger charge is 2.30. The van der Waals surface area contributed by atoms with Crippen LogP contribution in [0.25, 0.3) is 10.9 Å². The number of amides is 2. The summed E-state index contributed by atoms with van der Waals surface area (Å²) < 4.78 is 11.0. The van der Waals surface area contributed by atoms with Crippen LogP contribution in [0.15, 0.2) is 85.1 Å². The molecule has 0 aliphatic carbocycles. The van der Waals surface area contributed by atoms with Gasteiger partial charge in [-0.15, -0.1) is 0 Å². The molecule has 0 fully saturated rings. The monoisotopic (exact) mass is 557 g/mol.